The third kappa shape index (κ3) is 6.61. The molecule has 0 bridgehead atoms. The van der Waals surface area contributed by atoms with Gasteiger partial charge in [0.1, 0.15) is 11.2 Å². The van der Waals surface area contributed by atoms with Gasteiger partial charge in [-0.1, -0.05) is 176 Å². The molecule has 2 nitrogen and oxygen atoms in total. The van der Waals surface area contributed by atoms with E-state index < -0.39 is 0 Å². The standard InChI is InChI=1S/C58H39NO/c1-2-11-40(12-3-1)42-23-25-43(26-24-42)44-29-33-52(34-30-44)59(55-20-10-22-57-58(55)54-19-6-7-21-56(54)60-57)53-35-31-45(32-36-53)47-15-8-16-48(37-47)49-17-9-18-50(39-49)51-28-27-41-13-4-5-14-46(41)38-51/h1-39H. The molecule has 0 aliphatic heterocycles. The highest BCUT2D eigenvalue weighted by Gasteiger charge is 2.20. The number of hydrogen-bond acceptors (Lipinski definition) is 2. The largest absolute Gasteiger partial charge is 0.456 e. The number of anilines is 3. The van der Waals surface area contributed by atoms with Crippen LogP contribution >= 0.6 is 0 Å². The summed E-state index contributed by atoms with van der Waals surface area (Å²) < 4.78 is 6.38. The second kappa shape index (κ2) is 15.1. The number of nitrogens with zero attached hydrogens (tertiary/aromatic N) is 1. The van der Waals surface area contributed by atoms with Crippen molar-refractivity contribution in [1.82, 2.24) is 0 Å². The molecule has 11 aromatic rings. The molecule has 282 valence electrons. The highest BCUT2D eigenvalue weighted by Crippen LogP contribution is 2.44. The highest BCUT2D eigenvalue weighted by atomic mass is 16.3. The molecule has 0 aliphatic rings. The monoisotopic (exact) mass is 765 g/mol. The van der Waals surface area contributed by atoms with Gasteiger partial charge in [0, 0.05) is 16.8 Å². The van der Waals surface area contributed by atoms with Crippen molar-refractivity contribution in [3.8, 4) is 55.6 Å². The zero-order valence-corrected chi connectivity index (χ0v) is 32.9. The Morgan fingerprint density at radius 1 is 0.267 bits per heavy atom. The molecule has 60 heavy (non-hydrogen) atoms. The van der Waals surface area contributed by atoms with Gasteiger partial charge in [0.2, 0.25) is 0 Å². The van der Waals surface area contributed by atoms with Crippen LogP contribution in [0.4, 0.5) is 17.1 Å². The fourth-order valence-corrected chi connectivity index (χ4v) is 8.59. The summed E-state index contributed by atoms with van der Waals surface area (Å²) in [7, 11) is 0. The zero-order chi connectivity index (χ0) is 39.8. The lowest BCUT2D eigenvalue weighted by Gasteiger charge is -2.26. The van der Waals surface area contributed by atoms with Crippen molar-refractivity contribution >= 4 is 49.8 Å². The summed E-state index contributed by atoms with van der Waals surface area (Å²) >= 11 is 0. The predicted molar refractivity (Wildman–Crippen MR) is 253 cm³/mol. The fourth-order valence-electron chi connectivity index (χ4n) is 8.59. The topological polar surface area (TPSA) is 16.4 Å². The molecule has 0 saturated carbocycles. The first-order chi connectivity index (χ1) is 29.7. The van der Waals surface area contributed by atoms with Gasteiger partial charge in [-0.25, -0.2) is 0 Å². The number of hydrogen-bond donors (Lipinski definition) is 0. The first-order valence-corrected chi connectivity index (χ1v) is 20.5. The maximum absolute atomic E-state index is 6.38. The quantitative estimate of drug-likeness (QED) is 0.153. The second-order valence-electron chi connectivity index (χ2n) is 15.3. The van der Waals surface area contributed by atoms with Crippen LogP contribution in [0.15, 0.2) is 241 Å². The molecule has 10 aromatic carbocycles. The van der Waals surface area contributed by atoms with Crippen LogP contribution in [0.25, 0.3) is 88.3 Å². The molecule has 1 aromatic heterocycles. The highest BCUT2D eigenvalue weighted by molar-refractivity contribution is 6.13. The van der Waals surface area contributed by atoms with E-state index in [0.29, 0.717) is 0 Å². The molecule has 0 spiro atoms. The molecule has 11 rings (SSSR count). The van der Waals surface area contributed by atoms with Crippen molar-refractivity contribution in [2.24, 2.45) is 0 Å². The van der Waals surface area contributed by atoms with Gasteiger partial charge in [0.25, 0.3) is 0 Å². The Kier molecular flexibility index (Phi) is 8.87. The van der Waals surface area contributed by atoms with E-state index in [1.54, 1.807) is 0 Å². The number of benzene rings is 10. The number of rotatable bonds is 8. The lowest BCUT2D eigenvalue weighted by molar-refractivity contribution is 0.669. The molecule has 0 saturated heterocycles. The van der Waals surface area contributed by atoms with E-state index in [2.05, 4.69) is 229 Å². The van der Waals surface area contributed by atoms with Crippen molar-refractivity contribution in [3.63, 3.8) is 0 Å². The Labute approximate surface area is 349 Å². The summed E-state index contributed by atoms with van der Waals surface area (Å²) in [5.74, 6) is 0. The smallest absolute Gasteiger partial charge is 0.137 e. The number of para-hydroxylation sites is 1. The average Bonchev–Trinajstić information content (AvgIpc) is 3.72. The fraction of sp³-hybridized carbons (Fsp3) is 0. The Bertz CT molecular complexity index is 3290. The van der Waals surface area contributed by atoms with Crippen LogP contribution in [0.3, 0.4) is 0 Å². The summed E-state index contributed by atoms with van der Waals surface area (Å²) in [6.45, 7) is 0. The maximum Gasteiger partial charge on any atom is 0.137 e. The summed E-state index contributed by atoms with van der Waals surface area (Å²) in [6.07, 6.45) is 0. The number of furan rings is 1. The van der Waals surface area contributed by atoms with Crippen LogP contribution in [0.5, 0.6) is 0 Å². The molecule has 0 fully saturated rings. The van der Waals surface area contributed by atoms with Crippen molar-refractivity contribution in [3.05, 3.63) is 237 Å². The lowest BCUT2D eigenvalue weighted by atomic mass is 9.95. The van der Waals surface area contributed by atoms with Crippen molar-refractivity contribution in [2.75, 3.05) is 4.90 Å². The molecular formula is C58H39NO. The van der Waals surface area contributed by atoms with Crippen LogP contribution in [-0.4, -0.2) is 0 Å². The van der Waals surface area contributed by atoms with Crippen LogP contribution in [0.1, 0.15) is 0 Å². The van der Waals surface area contributed by atoms with E-state index in [1.807, 2.05) is 12.1 Å². The van der Waals surface area contributed by atoms with E-state index in [0.717, 1.165) is 44.6 Å². The summed E-state index contributed by atoms with van der Waals surface area (Å²) in [4.78, 5) is 2.35. The van der Waals surface area contributed by atoms with Crippen LogP contribution in [0, 0.1) is 0 Å². The van der Waals surface area contributed by atoms with E-state index >= 15 is 0 Å². The average molecular weight is 766 g/mol. The molecule has 2 heteroatoms. The van der Waals surface area contributed by atoms with Gasteiger partial charge in [0.05, 0.1) is 11.1 Å². The Balaban J connectivity index is 0.942. The van der Waals surface area contributed by atoms with Crippen LogP contribution in [0.2, 0.25) is 0 Å². The molecule has 0 radical (unpaired) electrons. The molecule has 0 atom stereocenters. The van der Waals surface area contributed by atoms with E-state index in [4.69, 9.17) is 4.42 Å². The minimum Gasteiger partial charge on any atom is -0.456 e. The van der Waals surface area contributed by atoms with Crippen molar-refractivity contribution < 1.29 is 4.42 Å². The summed E-state index contributed by atoms with van der Waals surface area (Å²) in [5.41, 5.74) is 16.9. The van der Waals surface area contributed by atoms with E-state index in [-0.39, 0.29) is 0 Å². The summed E-state index contributed by atoms with van der Waals surface area (Å²) in [6, 6.07) is 84.9. The molecule has 1 heterocycles. The van der Waals surface area contributed by atoms with E-state index in [9.17, 15) is 0 Å². The van der Waals surface area contributed by atoms with Gasteiger partial charge in [0.15, 0.2) is 0 Å². The zero-order valence-electron chi connectivity index (χ0n) is 32.9. The molecule has 0 amide bonds. The first kappa shape index (κ1) is 35.2. The van der Waals surface area contributed by atoms with Gasteiger partial charge in [-0.2, -0.15) is 0 Å². The SMILES string of the molecule is c1ccc(-c2ccc(-c3ccc(N(c4ccc(-c5cccc(-c6cccc(-c7ccc8ccccc8c7)c6)c5)cc4)c4cccc5oc6ccccc6c45)cc3)cc2)cc1. The predicted octanol–water partition coefficient (Wildman–Crippen LogP) is 16.5. The van der Waals surface area contributed by atoms with Gasteiger partial charge < -0.3 is 9.32 Å². The van der Waals surface area contributed by atoms with Gasteiger partial charge in [-0.15, -0.1) is 0 Å². The van der Waals surface area contributed by atoms with Crippen LogP contribution in [-0.2, 0) is 0 Å². The molecular weight excluding hydrogens is 727 g/mol. The Hall–Kier alpha value is -7.94. The lowest BCUT2D eigenvalue weighted by Crippen LogP contribution is -2.10. The molecule has 0 unspecified atom stereocenters. The third-order valence-electron chi connectivity index (χ3n) is 11.7. The summed E-state index contributed by atoms with van der Waals surface area (Å²) in [5, 5.41) is 4.70. The van der Waals surface area contributed by atoms with Gasteiger partial charge in [-0.05, 0) is 127 Å². The number of fused-ring (bicyclic) bond motifs is 4. The van der Waals surface area contributed by atoms with Crippen molar-refractivity contribution in [1.29, 1.82) is 0 Å². The third-order valence-corrected chi connectivity index (χ3v) is 11.7. The first-order valence-electron chi connectivity index (χ1n) is 20.5. The second-order valence-corrected chi connectivity index (χ2v) is 15.3. The molecule has 0 aliphatic carbocycles. The normalized spacial score (nSPS) is 11.3. The van der Waals surface area contributed by atoms with Gasteiger partial charge >= 0.3 is 0 Å². The molecule has 0 N–H and O–H groups in total. The Morgan fingerprint density at radius 2 is 0.683 bits per heavy atom. The van der Waals surface area contributed by atoms with Crippen LogP contribution < -0.4 is 4.90 Å². The minimum atomic E-state index is 0.868. The van der Waals surface area contributed by atoms with Crippen molar-refractivity contribution in [2.45, 2.75) is 0 Å². The minimum absolute atomic E-state index is 0.868. The maximum atomic E-state index is 6.38. The van der Waals surface area contributed by atoms with E-state index in [1.165, 1.54) is 60.8 Å². The Morgan fingerprint density at radius 3 is 1.32 bits per heavy atom. The van der Waals surface area contributed by atoms with Gasteiger partial charge in [-0.3, -0.25) is 0 Å².